The Morgan fingerprint density at radius 3 is 2.33 bits per heavy atom. The lowest BCUT2D eigenvalue weighted by molar-refractivity contribution is -0.126. The van der Waals surface area contributed by atoms with E-state index in [1.54, 1.807) is 6.92 Å². The van der Waals surface area contributed by atoms with Crippen molar-refractivity contribution >= 4 is 6.29 Å². The predicted octanol–water partition coefficient (Wildman–Crippen LogP) is 1.75. The molecule has 64 valence electrons. The van der Waals surface area contributed by atoms with Gasteiger partial charge in [0, 0.05) is 7.11 Å². The third-order valence-electron chi connectivity index (χ3n) is 2.00. The molecule has 0 heterocycles. The van der Waals surface area contributed by atoms with Gasteiger partial charge in [0.2, 0.25) is 0 Å². The monoisotopic (exact) mass is 164 g/mol. The van der Waals surface area contributed by atoms with Crippen LogP contribution in [-0.4, -0.2) is 13.4 Å². The number of rotatable bonds is 3. The van der Waals surface area contributed by atoms with Crippen molar-refractivity contribution in [3.05, 3.63) is 35.9 Å². The number of hydrogen-bond donors (Lipinski definition) is 0. The molecule has 0 aliphatic heterocycles. The topological polar surface area (TPSA) is 26.3 Å². The summed E-state index contributed by atoms with van der Waals surface area (Å²) in [5, 5.41) is 0. The summed E-state index contributed by atoms with van der Waals surface area (Å²) in [6.07, 6.45) is 0.808. The molecule has 0 fully saturated rings. The predicted molar refractivity (Wildman–Crippen MR) is 46.9 cm³/mol. The van der Waals surface area contributed by atoms with Crippen LogP contribution in [-0.2, 0) is 15.1 Å². The lowest BCUT2D eigenvalue weighted by Crippen LogP contribution is -2.25. The molecule has 2 nitrogen and oxygen atoms in total. The van der Waals surface area contributed by atoms with Crippen LogP contribution in [0.1, 0.15) is 12.5 Å². The van der Waals surface area contributed by atoms with Crippen molar-refractivity contribution in [3.8, 4) is 0 Å². The fourth-order valence-electron chi connectivity index (χ4n) is 1.00. The molecule has 1 aromatic carbocycles. The Morgan fingerprint density at radius 2 is 1.92 bits per heavy atom. The quantitative estimate of drug-likeness (QED) is 0.636. The summed E-state index contributed by atoms with van der Waals surface area (Å²) in [6, 6.07) is 9.42. The Labute approximate surface area is 72.2 Å². The van der Waals surface area contributed by atoms with Gasteiger partial charge in [-0.1, -0.05) is 30.3 Å². The molecule has 1 rings (SSSR count). The van der Waals surface area contributed by atoms with E-state index in [0.29, 0.717) is 0 Å². The Bertz CT molecular complexity index is 256. The third kappa shape index (κ3) is 1.53. The molecule has 0 bridgehead atoms. The second-order valence-corrected chi connectivity index (χ2v) is 2.80. The first kappa shape index (κ1) is 8.94. The number of benzene rings is 1. The first-order chi connectivity index (χ1) is 5.73. The first-order valence-corrected chi connectivity index (χ1v) is 3.80. The van der Waals surface area contributed by atoms with Crippen molar-refractivity contribution in [3.63, 3.8) is 0 Å². The maximum absolute atomic E-state index is 10.7. The number of ether oxygens (including phenoxy) is 1. The molecule has 0 spiro atoms. The van der Waals surface area contributed by atoms with Crippen molar-refractivity contribution in [2.45, 2.75) is 12.5 Å². The van der Waals surface area contributed by atoms with Gasteiger partial charge < -0.3 is 4.74 Å². The molecule has 0 radical (unpaired) electrons. The fourth-order valence-corrected chi connectivity index (χ4v) is 1.00. The highest BCUT2D eigenvalue weighted by Crippen LogP contribution is 2.20. The van der Waals surface area contributed by atoms with E-state index in [4.69, 9.17) is 4.74 Å². The van der Waals surface area contributed by atoms with Crippen molar-refractivity contribution in [1.29, 1.82) is 0 Å². The van der Waals surface area contributed by atoms with Crippen molar-refractivity contribution in [2.75, 3.05) is 7.11 Å². The molecule has 0 unspecified atom stereocenters. The van der Waals surface area contributed by atoms with Gasteiger partial charge in [-0.05, 0) is 12.5 Å². The van der Waals surface area contributed by atoms with Gasteiger partial charge >= 0.3 is 0 Å². The molecule has 1 aromatic rings. The van der Waals surface area contributed by atoms with Gasteiger partial charge in [-0.3, -0.25) is 4.79 Å². The Kier molecular flexibility index (Phi) is 2.61. The average Bonchev–Trinajstić information content (AvgIpc) is 2.18. The average molecular weight is 164 g/mol. The summed E-state index contributed by atoms with van der Waals surface area (Å²) in [4.78, 5) is 10.7. The van der Waals surface area contributed by atoms with E-state index in [-0.39, 0.29) is 0 Å². The van der Waals surface area contributed by atoms with Gasteiger partial charge in [-0.15, -0.1) is 0 Å². The molecular weight excluding hydrogens is 152 g/mol. The minimum Gasteiger partial charge on any atom is -0.366 e. The van der Waals surface area contributed by atoms with Crippen LogP contribution in [0, 0.1) is 0 Å². The summed E-state index contributed by atoms with van der Waals surface area (Å²) in [6.45, 7) is 1.75. The van der Waals surface area contributed by atoms with Gasteiger partial charge in [0.15, 0.2) is 6.29 Å². The molecule has 12 heavy (non-hydrogen) atoms. The summed E-state index contributed by atoms with van der Waals surface area (Å²) in [5.74, 6) is 0. The normalized spacial score (nSPS) is 15.2. The highest BCUT2D eigenvalue weighted by molar-refractivity contribution is 5.65. The van der Waals surface area contributed by atoms with Crippen LogP contribution in [0.15, 0.2) is 30.3 Å². The smallest absolute Gasteiger partial charge is 0.156 e. The highest BCUT2D eigenvalue weighted by Gasteiger charge is 2.24. The van der Waals surface area contributed by atoms with Gasteiger partial charge in [0.05, 0.1) is 0 Å². The van der Waals surface area contributed by atoms with Gasteiger partial charge in [-0.25, -0.2) is 0 Å². The van der Waals surface area contributed by atoms with Crippen LogP contribution in [0.4, 0.5) is 0 Å². The van der Waals surface area contributed by atoms with E-state index in [9.17, 15) is 4.79 Å². The molecule has 0 saturated heterocycles. The lowest BCUT2D eigenvalue weighted by atomic mass is 9.98. The van der Waals surface area contributed by atoms with Crippen molar-refractivity contribution in [2.24, 2.45) is 0 Å². The fraction of sp³-hybridized carbons (Fsp3) is 0.300. The van der Waals surface area contributed by atoms with Gasteiger partial charge in [0.25, 0.3) is 0 Å². The number of methoxy groups -OCH3 is 1. The van der Waals surface area contributed by atoms with Crippen LogP contribution in [0.2, 0.25) is 0 Å². The van der Waals surface area contributed by atoms with E-state index in [2.05, 4.69) is 0 Å². The zero-order valence-electron chi connectivity index (χ0n) is 7.28. The van der Waals surface area contributed by atoms with Crippen LogP contribution >= 0.6 is 0 Å². The summed E-state index contributed by atoms with van der Waals surface area (Å²) >= 11 is 0. The van der Waals surface area contributed by atoms with E-state index in [1.807, 2.05) is 30.3 Å². The number of carbonyl (C=O) groups excluding carboxylic acids is 1. The molecule has 0 aromatic heterocycles. The first-order valence-electron chi connectivity index (χ1n) is 3.80. The number of aldehydes is 1. The van der Waals surface area contributed by atoms with Gasteiger partial charge in [0.1, 0.15) is 5.60 Å². The SMILES string of the molecule is CO[C@@](C)(C=O)c1ccccc1. The molecule has 2 heteroatoms. The van der Waals surface area contributed by atoms with Gasteiger partial charge in [-0.2, -0.15) is 0 Å². The van der Waals surface area contributed by atoms with Crippen molar-refractivity contribution in [1.82, 2.24) is 0 Å². The number of hydrogen-bond acceptors (Lipinski definition) is 2. The Morgan fingerprint density at radius 1 is 1.33 bits per heavy atom. The molecule has 0 aliphatic rings. The minimum absolute atomic E-state index is 0.804. The molecule has 1 atom stereocenters. The van der Waals surface area contributed by atoms with E-state index in [1.165, 1.54) is 7.11 Å². The van der Waals surface area contributed by atoms with E-state index >= 15 is 0 Å². The van der Waals surface area contributed by atoms with Crippen LogP contribution in [0.5, 0.6) is 0 Å². The summed E-state index contributed by atoms with van der Waals surface area (Å²) in [7, 11) is 1.53. The van der Waals surface area contributed by atoms with Crippen molar-refractivity contribution < 1.29 is 9.53 Å². The van der Waals surface area contributed by atoms with Crippen LogP contribution in [0.3, 0.4) is 0 Å². The summed E-state index contributed by atoms with van der Waals surface area (Å²) < 4.78 is 5.10. The lowest BCUT2D eigenvalue weighted by Gasteiger charge is -2.21. The zero-order valence-corrected chi connectivity index (χ0v) is 7.28. The Balaban J connectivity index is 3.03. The van der Waals surface area contributed by atoms with Crippen LogP contribution in [0.25, 0.3) is 0 Å². The van der Waals surface area contributed by atoms with E-state index in [0.717, 1.165) is 11.8 Å². The van der Waals surface area contributed by atoms with Crippen LogP contribution < -0.4 is 0 Å². The minimum atomic E-state index is -0.804. The largest absolute Gasteiger partial charge is 0.366 e. The second kappa shape index (κ2) is 3.50. The molecule has 0 aliphatic carbocycles. The summed E-state index contributed by atoms with van der Waals surface area (Å²) in [5.41, 5.74) is 0.0730. The molecule has 0 saturated carbocycles. The zero-order chi connectivity index (χ0) is 9.03. The second-order valence-electron chi connectivity index (χ2n) is 2.80. The maximum Gasteiger partial charge on any atom is 0.156 e. The molecular formula is C10H12O2. The highest BCUT2D eigenvalue weighted by atomic mass is 16.5. The molecule has 0 amide bonds. The van der Waals surface area contributed by atoms with E-state index < -0.39 is 5.60 Å². The number of carbonyl (C=O) groups is 1. The Hall–Kier alpha value is -1.15. The third-order valence-corrected chi connectivity index (χ3v) is 2.00. The standard InChI is InChI=1S/C10H12O2/c1-10(8-11,12-2)9-6-4-3-5-7-9/h3-8H,1-2H3/t10-/m0/s1. The maximum atomic E-state index is 10.7. The molecule has 0 N–H and O–H groups in total.